The number of hydrogen-bond donors (Lipinski definition) is 0. The van der Waals surface area contributed by atoms with Gasteiger partial charge in [0.1, 0.15) is 0 Å². The molecule has 0 aromatic heterocycles. The summed E-state index contributed by atoms with van der Waals surface area (Å²) in [5.74, 6) is 2.72. The Morgan fingerprint density at radius 2 is 2.29 bits per heavy atom. The zero-order chi connectivity index (χ0) is 9.97. The fraction of sp³-hybridized carbons (Fsp3) is 0.400. The van der Waals surface area contributed by atoms with Crippen molar-refractivity contribution in [2.24, 2.45) is 0 Å². The molecule has 1 aliphatic heterocycles. The van der Waals surface area contributed by atoms with E-state index in [4.69, 9.17) is 25.8 Å². The predicted molar refractivity (Wildman–Crippen MR) is 53.5 cm³/mol. The largest absolute Gasteiger partial charge is 0.493 e. The van der Waals surface area contributed by atoms with Crippen LogP contribution in [0, 0.1) is 0 Å². The summed E-state index contributed by atoms with van der Waals surface area (Å²) < 4.78 is 15.8. The van der Waals surface area contributed by atoms with Gasteiger partial charge in [-0.3, -0.25) is 0 Å². The first kappa shape index (κ1) is 9.46. The molecule has 0 amide bonds. The van der Waals surface area contributed by atoms with Gasteiger partial charge < -0.3 is 14.2 Å². The van der Waals surface area contributed by atoms with Gasteiger partial charge in [-0.1, -0.05) is 0 Å². The number of halogens is 1. The summed E-state index contributed by atoms with van der Waals surface area (Å²) in [6.45, 7) is 0.260. The molecule has 0 spiro atoms. The molecule has 14 heavy (non-hydrogen) atoms. The Morgan fingerprint density at radius 1 is 1.43 bits per heavy atom. The van der Waals surface area contributed by atoms with Crippen LogP contribution in [0.4, 0.5) is 0 Å². The van der Waals surface area contributed by atoms with Crippen LogP contribution in [0.3, 0.4) is 0 Å². The van der Waals surface area contributed by atoms with Gasteiger partial charge in [-0.05, 0) is 24.1 Å². The molecule has 0 bridgehead atoms. The Bertz CT molecular complexity index is 338. The van der Waals surface area contributed by atoms with Crippen LogP contribution < -0.4 is 14.2 Å². The molecule has 1 aromatic carbocycles. The van der Waals surface area contributed by atoms with E-state index in [1.165, 1.54) is 0 Å². The van der Waals surface area contributed by atoms with Crippen molar-refractivity contribution in [1.82, 2.24) is 0 Å². The van der Waals surface area contributed by atoms with Crippen molar-refractivity contribution in [2.75, 3.05) is 19.8 Å². The number of rotatable bonds is 3. The number of fused-ring (bicyclic) bond motifs is 1. The van der Waals surface area contributed by atoms with Crippen LogP contribution >= 0.6 is 11.6 Å². The molecule has 1 aliphatic rings. The topological polar surface area (TPSA) is 27.7 Å². The summed E-state index contributed by atoms with van der Waals surface area (Å²) in [6, 6.07) is 3.86. The van der Waals surface area contributed by atoms with Gasteiger partial charge >= 0.3 is 0 Å². The fourth-order valence-electron chi connectivity index (χ4n) is 1.44. The summed E-state index contributed by atoms with van der Waals surface area (Å²) in [5, 5.41) is 0. The Kier molecular flexibility index (Phi) is 2.68. The Balaban J connectivity index is 2.39. The van der Waals surface area contributed by atoms with Crippen molar-refractivity contribution >= 4 is 11.6 Å². The van der Waals surface area contributed by atoms with E-state index in [2.05, 4.69) is 0 Å². The number of methoxy groups -OCH3 is 1. The molecular weight excluding hydrogens is 204 g/mol. The Labute approximate surface area is 87.5 Å². The van der Waals surface area contributed by atoms with Gasteiger partial charge in [0.05, 0.1) is 7.11 Å². The van der Waals surface area contributed by atoms with Gasteiger partial charge in [0.2, 0.25) is 12.5 Å². The van der Waals surface area contributed by atoms with Crippen LogP contribution in [-0.4, -0.2) is 19.8 Å². The molecule has 0 aliphatic carbocycles. The number of benzene rings is 1. The second kappa shape index (κ2) is 3.96. The molecule has 0 unspecified atom stereocenters. The van der Waals surface area contributed by atoms with Crippen molar-refractivity contribution < 1.29 is 14.2 Å². The van der Waals surface area contributed by atoms with E-state index in [1.54, 1.807) is 7.11 Å². The van der Waals surface area contributed by atoms with Crippen molar-refractivity contribution in [1.29, 1.82) is 0 Å². The normalized spacial score (nSPS) is 13.0. The van der Waals surface area contributed by atoms with E-state index in [1.807, 2.05) is 12.1 Å². The molecule has 0 atom stereocenters. The maximum Gasteiger partial charge on any atom is 0.231 e. The SMILES string of the molecule is COc1cc(CCCl)cc2c1OCO2. The lowest BCUT2D eigenvalue weighted by molar-refractivity contribution is 0.171. The van der Waals surface area contributed by atoms with Crippen LogP contribution in [0.15, 0.2) is 12.1 Å². The highest BCUT2D eigenvalue weighted by atomic mass is 35.5. The molecule has 2 rings (SSSR count). The summed E-state index contributed by atoms with van der Waals surface area (Å²) in [7, 11) is 1.61. The summed E-state index contributed by atoms with van der Waals surface area (Å²) in [4.78, 5) is 0. The summed E-state index contributed by atoms with van der Waals surface area (Å²) in [5.41, 5.74) is 1.10. The van der Waals surface area contributed by atoms with E-state index in [-0.39, 0.29) is 6.79 Å². The minimum absolute atomic E-state index is 0.260. The molecule has 0 saturated heterocycles. The highest BCUT2D eigenvalue weighted by Crippen LogP contribution is 2.41. The lowest BCUT2D eigenvalue weighted by atomic mass is 10.1. The zero-order valence-electron chi connectivity index (χ0n) is 7.88. The van der Waals surface area contributed by atoms with E-state index in [0.29, 0.717) is 17.4 Å². The lowest BCUT2D eigenvalue weighted by Crippen LogP contribution is -1.93. The third kappa shape index (κ3) is 1.60. The van der Waals surface area contributed by atoms with Crippen molar-refractivity contribution in [3.63, 3.8) is 0 Å². The number of ether oxygens (including phenoxy) is 3. The minimum atomic E-state index is 0.260. The smallest absolute Gasteiger partial charge is 0.231 e. The molecule has 0 fully saturated rings. The maximum atomic E-state index is 5.67. The second-order valence-corrected chi connectivity index (χ2v) is 3.35. The van der Waals surface area contributed by atoms with Crippen LogP contribution in [0.2, 0.25) is 0 Å². The monoisotopic (exact) mass is 214 g/mol. The average molecular weight is 215 g/mol. The standard InChI is InChI=1S/C10H11ClO3/c1-12-8-4-7(2-3-11)5-9-10(8)14-6-13-9/h4-5H,2-3,6H2,1H3. The number of hydrogen-bond acceptors (Lipinski definition) is 3. The van der Waals surface area contributed by atoms with Crippen LogP contribution in [0.1, 0.15) is 5.56 Å². The van der Waals surface area contributed by atoms with E-state index in [9.17, 15) is 0 Å². The first-order chi connectivity index (χ1) is 6.85. The van der Waals surface area contributed by atoms with Crippen molar-refractivity contribution in [2.45, 2.75) is 6.42 Å². The van der Waals surface area contributed by atoms with Gasteiger partial charge in [0.25, 0.3) is 0 Å². The van der Waals surface area contributed by atoms with Gasteiger partial charge in [-0.15, -0.1) is 11.6 Å². The van der Waals surface area contributed by atoms with Crippen molar-refractivity contribution in [3.8, 4) is 17.2 Å². The van der Waals surface area contributed by atoms with Crippen LogP contribution in [-0.2, 0) is 6.42 Å². The van der Waals surface area contributed by atoms with Crippen LogP contribution in [0.5, 0.6) is 17.2 Å². The van der Waals surface area contributed by atoms with E-state index in [0.717, 1.165) is 17.7 Å². The summed E-state index contributed by atoms with van der Waals surface area (Å²) >= 11 is 5.67. The molecule has 3 nitrogen and oxygen atoms in total. The molecule has 1 heterocycles. The molecule has 1 aromatic rings. The minimum Gasteiger partial charge on any atom is -0.493 e. The fourth-order valence-corrected chi connectivity index (χ4v) is 1.66. The van der Waals surface area contributed by atoms with Gasteiger partial charge in [-0.2, -0.15) is 0 Å². The molecule has 0 radical (unpaired) electrons. The zero-order valence-corrected chi connectivity index (χ0v) is 8.63. The summed E-state index contributed by atoms with van der Waals surface area (Å²) in [6.07, 6.45) is 0.800. The third-order valence-corrected chi connectivity index (χ3v) is 2.29. The lowest BCUT2D eigenvalue weighted by Gasteiger charge is -2.06. The Morgan fingerprint density at radius 3 is 3.00 bits per heavy atom. The average Bonchev–Trinajstić information content (AvgIpc) is 2.65. The van der Waals surface area contributed by atoms with Gasteiger partial charge in [-0.25, -0.2) is 0 Å². The first-order valence-electron chi connectivity index (χ1n) is 4.37. The highest BCUT2D eigenvalue weighted by Gasteiger charge is 2.19. The number of alkyl halides is 1. The quantitative estimate of drug-likeness (QED) is 0.722. The second-order valence-electron chi connectivity index (χ2n) is 2.97. The molecule has 76 valence electrons. The highest BCUT2D eigenvalue weighted by molar-refractivity contribution is 6.18. The molecule has 0 saturated carbocycles. The van der Waals surface area contributed by atoms with E-state index >= 15 is 0 Å². The molecular formula is C10H11ClO3. The Hall–Kier alpha value is -1.09. The van der Waals surface area contributed by atoms with Gasteiger partial charge in [0.15, 0.2) is 11.5 Å². The van der Waals surface area contributed by atoms with Crippen LogP contribution in [0.25, 0.3) is 0 Å². The third-order valence-electron chi connectivity index (χ3n) is 2.10. The van der Waals surface area contributed by atoms with Crippen molar-refractivity contribution in [3.05, 3.63) is 17.7 Å². The maximum absolute atomic E-state index is 5.67. The molecule has 0 N–H and O–H groups in total. The van der Waals surface area contributed by atoms with E-state index < -0.39 is 0 Å². The number of aryl methyl sites for hydroxylation is 1. The first-order valence-corrected chi connectivity index (χ1v) is 4.91. The van der Waals surface area contributed by atoms with Gasteiger partial charge in [0, 0.05) is 5.88 Å². The molecule has 4 heteroatoms. The predicted octanol–water partition coefficient (Wildman–Crippen LogP) is 2.21.